The molecule has 1 nitrogen and oxygen atoms in total. The SMILES string of the molecule is C=C1CCN(c2ccc([C@@H]3c4ccc(C)cc4CC[C@@H]3c3ccc(F)cc3)cc2)CC1. The summed E-state index contributed by atoms with van der Waals surface area (Å²) < 4.78 is 13.6. The lowest BCUT2D eigenvalue weighted by atomic mass is 9.69. The summed E-state index contributed by atoms with van der Waals surface area (Å²) in [6.07, 6.45) is 4.33. The number of fused-ring (bicyclic) bond motifs is 1. The van der Waals surface area contributed by atoms with Gasteiger partial charge in [0.25, 0.3) is 0 Å². The van der Waals surface area contributed by atoms with Gasteiger partial charge in [0.05, 0.1) is 0 Å². The number of anilines is 1. The van der Waals surface area contributed by atoms with Gasteiger partial charge in [0.15, 0.2) is 0 Å². The van der Waals surface area contributed by atoms with Crippen LogP contribution in [-0.4, -0.2) is 13.1 Å². The van der Waals surface area contributed by atoms with E-state index in [-0.39, 0.29) is 5.82 Å². The zero-order chi connectivity index (χ0) is 21.4. The maximum absolute atomic E-state index is 13.6. The number of aryl methyl sites for hydroxylation is 2. The quantitative estimate of drug-likeness (QED) is 0.414. The van der Waals surface area contributed by atoms with Crippen LogP contribution in [0.3, 0.4) is 0 Å². The molecule has 3 aromatic rings. The van der Waals surface area contributed by atoms with Gasteiger partial charge < -0.3 is 4.90 Å². The molecule has 0 unspecified atom stereocenters. The number of hydrogen-bond donors (Lipinski definition) is 0. The Bertz CT molecular complexity index is 1070. The molecule has 1 saturated heterocycles. The highest BCUT2D eigenvalue weighted by atomic mass is 19.1. The lowest BCUT2D eigenvalue weighted by molar-refractivity contribution is 0.522. The maximum atomic E-state index is 13.6. The summed E-state index contributed by atoms with van der Waals surface area (Å²) in [7, 11) is 0. The van der Waals surface area contributed by atoms with Gasteiger partial charge in [-0.15, -0.1) is 0 Å². The van der Waals surface area contributed by atoms with Crippen molar-refractivity contribution in [1.29, 1.82) is 0 Å². The van der Waals surface area contributed by atoms with Crippen LogP contribution in [0.5, 0.6) is 0 Å². The van der Waals surface area contributed by atoms with Crippen molar-refractivity contribution in [2.45, 2.75) is 44.4 Å². The van der Waals surface area contributed by atoms with Crippen molar-refractivity contribution in [3.05, 3.63) is 113 Å². The Morgan fingerprint density at radius 3 is 2.23 bits per heavy atom. The molecule has 0 spiro atoms. The van der Waals surface area contributed by atoms with Crippen LogP contribution >= 0.6 is 0 Å². The van der Waals surface area contributed by atoms with Gasteiger partial charge >= 0.3 is 0 Å². The Balaban J connectivity index is 1.51. The van der Waals surface area contributed by atoms with Gasteiger partial charge in [-0.05, 0) is 85.0 Å². The number of hydrogen-bond acceptors (Lipinski definition) is 1. The molecule has 1 heterocycles. The third-order valence-electron chi connectivity index (χ3n) is 7.15. The van der Waals surface area contributed by atoms with Crippen LogP contribution in [0.1, 0.15) is 58.9 Å². The maximum Gasteiger partial charge on any atom is 0.123 e. The minimum atomic E-state index is -0.166. The van der Waals surface area contributed by atoms with E-state index in [0.29, 0.717) is 11.8 Å². The van der Waals surface area contributed by atoms with Crippen LogP contribution in [-0.2, 0) is 6.42 Å². The molecule has 158 valence electrons. The lowest BCUT2D eigenvalue weighted by Gasteiger charge is -2.35. The highest BCUT2D eigenvalue weighted by molar-refractivity contribution is 5.52. The molecule has 0 aromatic heterocycles. The Hall–Kier alpha value is -2.87. The fraction of sp³-hybridized carbons (Fsp3) is 0.310. The fourth-order valence-corrected chi connectivity index (χ4v) is 5.40. The first-order valence-electron chi connectivity index (χ1n) is 11.4. The molecular weight excluding hydrogens is 381 g/mol. The molecule has 1 aliphatic carbocycles. The van der Waals surface area contributed by atoms with Gasteiger partial charge in [-0.1, -0.05) is 60.2 Å². The van der Waals surface area contributed by atoms with Gasteiger partial charge in [0.2, 0.25) is 0 Å². The van der Waals surface area contributed by atoms with E-state index >= 15 is 0 Å². The first-order chi connectivity index (χ1) is 15.1. The molecule has 1 fully saturated rings. The Morgan fingerprint density at radius 2 is 1.52 bits per heavy atom. The second kappa shape index (κ2) is 8.34. The van der Waals surface area contributed by atoms with Crippen molar-refractivity contribution in [3.8, 4) is 0 Å². The van der Waals surface area contributed by atoms with Crippen LogP contribution in [0.25, 0.3) is 0 Å². The molecule has 0 radical (unpaired) electrons. The molecule has 3 aromatic carbocycles. The van der Waals surface area contributed by atoms with Crippen LogP contribution in [0, 0.1) is 12.7 Å². The third-order valence-corrected chi connectivity index (χ3v) is 7.15. The molecule has 2 aliphatic rings. The first-order valence-corrected chi connectivity index (χ1v) is 11.4. The van der Waals surface area contributed by atoms with Crippen molar-refractivity contribution in [2.75, 3.05) is 18.0 Å². The summed E-state index contributed by atoms with van der Waals surface area (Å²) in [5, 5.41) is 0. The van der Waals surface area contributed by atoms with Gasteiger partial charge in [-0.2, -0.15) is 0 Å². The summed E-state index contributed by atoms with van der Waals surface area (Å²) in [5.74, 6) is 0.491. The van der Waals surface area contributed by atoms with E-state index < -0.39 is 0 Å². The first kappa shape index (κ1) is 20.1. The summed E-state index contributed by atoms with van der Waals surface area (Å²) in [6, 6.07) is 23.2. The number of halogens is 1. The molecule has 2 heteroatoms. The van der Waals surface area contributed by atoms with E-state index in [9.17, 15) is 4.39 Å². The monoisotopic (exact) mass is 411 g/mol. The van der Waals surface area contributed by atoms with Crippen molar-refractivity contribution in [3.63, 3.8) is 0 Å². The average molecular weight is 412 g/mol. The Labute approximate surface area is 185 Å². The number of nitrogens with zero attached hydrogens (tertiary/aromatic N) is 1. The summed E-state index contributed by atoms with van der Waals surface area (Å²) in [4.78, 5) is 2.47. The van der Waals surface area contributed by atoms with Crippen molar-refractivity contribution in [2.24, 2.45) is 0 Å². The average Bonchev–Trinajstić information content (AvgIpc) is 2.79. The molecule has 0 amide bonds. The second-order valence-corrected chi connectivity index (χ2v) is 9.21. The van der Waals surface area contributed by atoms with Gasteiger partial charge in [0, 0.05) is 24.7 Å². The predicted molar refractivity (Wildman–Crippen MR) is 128 cm³/mol. The van der Waals surface area contributed by atoms with E-state index in [1.807, 2.05) is 12.1 Å². The largest absolute Gasteiger partial charge is 0.371 e. The summed E-state index contributed by atoms with van der Waals surface area (Å²) in [5.41, 5.74) is 9.45. The highest BCUT2D eigenvalue weighted by Crippen LogP contribution is 2.46. The molecule has 0 bridgehead atoms. The minimum Gasteiger partial charge on any atom is -0.371 e. The smallest absolute Gasteiger partial charge is 0.123 e. The van der Waals surface area contributed by atoms with Gasteiger partial charge in [-0.3, -0.25) is 0 Å². The molecule has 1 aliphatic heterocycles. The standard InChI is InChI=1S/C29H30FN/c1-20-15-17-31(18-16-20)26-11-6-23(7-12-26)29-27(22-4-9-25(30)10-5-22)14-8-24-19-21(2)3-13-28(24)29/h3-7,9-13,19,27,29H,1,8,14-18H2,2H3/t27-,29+/m1/s1. The Morgan fingerprint density at radius 1 is 0.839 bits per heavy atom. The molecule has 0 N–H and O–H groups in total. The number of benzene rings is 3. The van der Waals surface area contributed by atoms with E-state index in [2.05, 4.69) is 60.9 Å². The zero-order valence-electron chi connectivity index (χ0n) is 18.3. The fourth-order valence-electron chi connectivity index (χ4n) is 5.40. The van der Waals surface area contributed by atoms with E-state index in [0.717, 1.165) is 38.8 Å². The van der Waals surface area contributed by atoms with Crippen molar-refractivity contribution < 1.29 is 4.39 Å². The number of rotatable bonds is 3. The van der Waals surface area contributed by atoms with Crippen molar-refractivity contribution in [1.82, 2.24) is 0 Å². The minimum absolute atomic E-state index is 0.166. The second-order valence-electron chi connectivity index (χ2n) is 9.21. The normalized spacial score (nSPS) is 21.1. The topological polar surface area (TPSA) is 3.24 Å². The van der Waals surface area contributed by atoms with Gasteiger partial charge in [-0.25, -0.2) is 4.39 Å². The summed E-state index contributed by atoms with van der Waals surface area (Å²) in [6.45, 7) is 8.42. The lowest BCUT2D eigenvalue weighted by Crippen LogP contribution is -2.30. The van der Waals surface area contributed by atoms with E-state index in [1.165, 1.54) is 39.1 Å². The number of piperidine rings is 1. The summed E-state index contributed by atoms with van der Waals surface area (Å²) >= 11 is 0. The zero-order valence-corrected chi connectivity index (χ0v) is 18.3. The highest BCUT2D eigenvalue weighted by Gasteiger charge is 2.32. The third kappa shape index (κ3) is 4.04. The molecule has 0 saturated carbocycles. The van der Waals surface area contributed by atoms with E-state index in [4.69, 9.17) is 0 Å². The van der Waals surface area contributed by atoms with Crippen LogP contribution < -0.4 is 4.90 Å². The van der Waals surface area contributed by atoms with E-state index in [1.54, 1.807) is 12.1 Å². The molecule has 31 heavy (non-hydrogen) atoms. The van der Waals surface area contributed by atoms with Crippen LogP contribution in [0.4, 0.5) is 10.1 Å². The molecule has 5 rings (SSSR count). The van der Waals surface area contributed by atoms with Crippen LogP contribution in [0.15, 0.2) is 78.9 Å². The molecular formula is C29H30FN. The van der Waals surface area contributed by atoms with Crippen molar-refractivity contribution >= 4 is 5.69 Å². The van der Waals surface area contributed by atoms with Crippen LogP contribution in [0.2, 0.25) is 0 Å². The van der Waals surface area contributed by atoms with Gasteiger partial charge in [0.1, 0.15) is 5.82 Å². The molecule has 2 atom stereocenters. The predicted octanol–water partition coefficient (Wildman–Crippen LogP) is 7.15. The Kier molecular flexibility index (Phi) is 5.40.